The van der Waals surface area contributed by atoms with Crippen LogP contribution >= 0.6 is 0 Å². The molecular weight excluding hydrogens is 232 g/mol. The third kappa shape index (κ3) is 2.11. The molecule has 5 heteroatoms. The van der Waals surface area contributed by atoms with E-state index in [2.05, 4.69) is 22.3 Å². The number of rotatable bonds is 3. The molecular formula is C13H18N2O3. The molecule has 1 aromatic carbocycles. The molecule has 1 aromatic rings. The van der Waals surface area contributed by atoms with E-state index in [4.69, 9.17) is 14.2 Å². The first-order valence-corrected chi connectivity index (χ1v) is 6.27. The maximum absolute atomic E-state index is 5.54. The highest BCUT2D eigenvalue weighted by molar-refractivity contribution is 5.58. The lowest BCUT2D eigenvalue weighted by atomic mass is 10.1. The summed E-state index contributed by atoms with van der Waals surface area (Å²) in [5.74, 6) is 1.67. The lowest BCUT2D eigenvalue weighted by molar-refractivity contribution is 0.0943. The molecule has 0 radical (unpaired) electrons. The lowest BCUT2D eigenvalue weighted by Crippen LogP contribution is -2.50. The van der Waals surface area contributed by atoms with Crippen molar-refractivity contribution in [3.63, 3.8) is 0 Å². The van der Waals surface area contributed by atoms with Crippen molar-refractivity contribution in [2.75, 3.05) is 45.0 Å². The Morgan fingerprint density at radius 1 is 1.33 bits per heavy atom. The van der Waals surface area contributed by atoms with Gasteiger partial charge in [0.05, 0.1) is 19.3 Å². The van der Waals surface area contributed by atoms with Crippen LogP contribution in [0.2, 0.25) is 0 Å². The molecule has 2 aliphatic rings. The Labute approximate surface area is 107 Å². The van der Waals surface area contributed by atoms with E-state index < -0.39 is 0 Å². The fourth-order valence-corrected chi connectivity index (χ4v) is 2.46. The first-order valence-electron chi connectivity index (χ1n) is 6.27. The minimum Gasteiger partial charge on any atom is -0.454 e. The molecule has 1 fully saturated rings. The number of anilines is 1. The van der Waals surface area contributed by atoms with Gasteiger partial charge in [0.15, 0.2) is 11.5 Å². The molecule has 0 aromatic heterocycles. The monoisotopic (exact) mass is 250 g/mol. The number of hydrogen-bond donors (Lipinski definition) is 1. The molecule has 0 aliphatic carbocycles. The number of nitrogens with zero attached hydrogens (tertiary/aromatic N) is 1. The van der Waals surface area contributed by atoms with E-state index in [1.165, 1.54) is 5.69 Å². The summed E-state index contributed by atoms with van der Waals surface area (Å²) in [5.41, 5.74) is 1.17. The highest BCUT2D eigenvalue weighted by Crippen LogP contribution is 2.36. The number of fused-ring (bicyclic) bond motifs is 1. The first kappa shape index (κ1) is 11.6. The minimum atomic E-state index is 0.321. The third-order valence-electron chi connectivity index (χ3n) is 3.36. The average Bonchev–Trinajstić information content (AvgIpc) is 2.87. The van der Waals surface area contributed by atoms with Crippen LogP contribution in [-0.2, 0) is 4.74 Å². The van der Waals surface area contributed by atoms with E-state index in [1.54, 1.807) is 0 Å². The van der Waals surface area contributed by atoms with Crippen molar-refractivity contribution in [2.24, 2.45) is 0 Å². The molecule has 0 saturated carbocycles. The van der Waals surface area contributed by atoms with Crippen LogP contribution in [0.1, 0.15) is 0 Å². The van der Waals surface area contributed by atoms with Crippen molar-refractivity contribution in [2.45, 2.75) is 6.04 Å². The molecule has 0 bridgehead atoms. The zero-order chi connectivity index (χ0) is 12.4. The molecule has 1 atom stereocenters. The fourth-order valence-electron chi connectivity index (χ4n) is 2.46. The SMILES string of the molecule is CNCC1COCCN1c1ccc2c(c1)OCO2. The number of benzene rings is 1. The lowest BCUT2D eigenvalue weighted by Gasteiger charge is -2.37. The van der Waals surface area contributed by atoms with Crippen LogP contribution in [0, 0.1) is 0 Å². The minimum absolute atomic E-state index is 0.321. The maximum atomic E-state index is 5.54. The molecule has 2 aliphatic heterocycles. The predicted molar refractivity (Wildman–Crippen MR) is 68.4 cm³/mol. The van der Waals surface area contributed by atoms with Gasteiger partial charge in [-0.3, -0.25) is 0 Å². The maximum Gasteiger partial charge on any atom is 0.231 e. The van der Waals surface area contributed by atoms with Crippen molar-refractivity contribution < 1.29 is 14.2 Å². The summed E-state index contributed by atoms with van der Waals surface area (Å²) in [5, 5.41) is 3.21. The van der Waals surface area contributed by atoms with Crippen molar-refractivity contribution in [3.8, 4) is 11.5 Å². The standard InChI is InChI=1S/C13H18N2O3/c1-14-7-11-8-16-5-4-15(11)10-2-3-12-13(6-10)18-9-17-12/h2-3,6,11,14H,4-5,7-9H2,1H3. The normalized spacial score (nSPS) is 22.3. The Balaban J connectivity index is 1.83. The molecule has 1 N–H and O–H groups in total. The number of nitrogens with one attached hydrogen (secondary N) is 1. The Hall–Kier alpha value is -1.46. The van der Waals surface area contributed by atoms with Gasteiger partial charge < -0.3 is 24.4 Å². The van der Waals surface area contributed by atoms with E-state index in [0.29, 0.717) is 12.8 Å². The van der Waals surface area contributed by atoms with E-state index in [-0.39, 0.29) is 0 Å². The molecule has 3 rings (SSSR count). The van der Waals surface area contributed by atoms with E-state index >= 15 is 0 Å². The van der Waals surface area contributed by atoms with E-state index in [1.807, 2.05) is 13.1 Å². The van der Waals surface area contributed by atoms with Crippen LogP contribution in [0.4, 0.5) is 5.69 Å². The average molecular weight is 250 g/mol. The summed E-state index contributed by atoms with van der Waals surface area (Å²) in [6.45, 7) is 3.67. The van der Waals surface area contributed by atoms with Crippen LogP contribution in [0.15, 0.2) is 18.2 Å². The van der Waals surface area contributed by atoms with Gasteiger partial charge in [0, 0.05) is 24.8 Å². The Morgan fingerprint density at radius 2 is 2.22 bits per heavy atom. The number of hydrogen-bond acceptors (Lipinski definition) is 5. The number of ether oxygens (including phenoxy) is 3. The second-order valence-electron chi connectivity index (χ2n) is 4.52. The molecule has 18 heavy (non-hydrogen) atoms. The molecule has 5 nitrogen and oxygen atoms in total. The van der Waals surface area contributed by atoms with Crippen LogP contribution in [-0.4, -0.2) is 46.2 Å². The van der Waals surface area contributed by atoms with Gasteiger partial charge in [0.1, 0.15) is 0 Å². The van der Waals surface area contributed by atoms with Gasteiger partial charge in [-0.2, -0.15) is 0 Å². The highest BCUT2D eigenvalue weighted by atomic mass is 16.7. The first-order chi connectivity index (χ1) is 8.88. The van der Waals surface area contributed by atoms with Crippen molar-refractivity contribution >= 4 is 5.69 Å². The largest absolute Gasteiger partial charge is 0.454 e. The van der Waals surface area contributed by atoms with Crippen LogP contribution in [0.5, 0.6) is 11.5 Å². The fraction of sp³-hybridized carbons (Fsp3) is 0.538. The van der Waals surface area contributed by atoms with Gasteiger partial charge >= 0.3 is 0 Å². The molecule has 2 heterocycles. The third-order valence-corrected chi connectivity index (χ3v) is 3.36. The van der Waals surface area contributed by atoms with Gasteiger partial charge in [0.2, 0.25) is 6.79 Å². The Kier molecular flexibility index (Phi) is 3.25. The van der Waals surface area contributed by atoms with Crippen molar-refractivity contribution in [1.82, 2.24) is 5.32 Å². The van der Waals surface area contributed by atoms with Crippen LogP contribution in [0.25, 0.3) is 0 Å². The van der Waals surface area contributed by atoms with E-state index in [9.17, 15) is 0 Å². The zero-order valence-corrected chi connectivity index (χ0v) is 10.5. The summed E-state index contributed by atoms with van der Waals surface area (Å²) < 4.78 is 16.3. The Bertz CT molecular complexity index is 423. The quantitative estimate of drug-likeness (QED) is 0.861. The summed E-state index contributed by atoms with van der Waals surface area (Å²) in [7, 11) is 1.96. The second kappa shape index (κ2) is 5.04. The molecule has 98 valence electrons. The summed E-state index contributed by atoms with van der Waals surface area (Å²) in [6, 6.07) is 6.48. The van der Waals surface area contributed by atoms with Gasteiger partial charge in [0.25, 0.3) is 0 Å². The topological polar surface area (TPSA) is 43.0 Å². The molecule has 0 amide bonds. The summed E-state index contributed by atoms with van der Waals surface area (Å²) in [4.78, 5) is 2.36. The van der Waals surface area contributed by atoms with Gasteiger partial charge in [-0.15, -0.1) is 0 Å². The number of morpholine rings is 1. The zero-order valence-electron chi connectivity index (χ0n) is 10.5. The van der Waals surface area contributed by atoms with Gasteiger partial charge in [-0.05, 0) is 19.2 Å². The van der Waals surface area contributed by atoms with Crippen molar-refractivity contribution in [1.29, 1.82) is 0 Å². The molecule has 1 saturated heterocycles. The van der Waals surface area contributed by atoms with Crippen molar-refractivity contribution in [3.05, 3.63) is 18.2 Å². The highest BCUT2D eigenvalue weighted by Gasteiger charge is 2.24. The Morgan fingerprint density at radius 3 is 3.11 bits per heavy atom. The second-order valence-corrected chi connectivity index (χ2v) is 4.52. The molecule has 1 unspecified atom stereocenters. The van der Waals surface area contributed by atoms with Crippen LogP contribution < -0.4 is 19.7 Å². The smallest absolute Gasteiger partial charge is 0.231 e. The van der Waals surface area contributed by atoms with Crippen LogP contribution in [0.3, 0.4) is 0 Å². The predicted octanol–water partition coefficient (Wildman–Crippen LogP) is 0.840. The molecule has 0 spiro atoms. The van der Waals surface area contributed by atoms with Gasteiger partial charge in [-0.25, -0.2) is 0 Å². The number of likely N-dealkylation sites (N-methyl/N-ethyl adjacent to an activating group) is 1. The summed E-state index contributed by atoms with van der Waals surface area (Å²) in [6.07, 6.45) is 0. The van der Waals surface area contributed by atoms with Gasteiger partial charge in [-0.1, -0.05) is 0 Å². The van der Waals surface area contributed by atoms with E-state index in [0.717, 1.165) is 37.8 Å². The summed E-state index contributed by atoms with van der Waals surface area (Å²) >= 11 is 0.